The van der Waals surface area contributed by atoms with Crippen LogP contribution in [0.1, 0.15) is 32.4 Å². The zero-order valence-electron chi connectivity index (χ0n) is 13.4. The van der Waals surface area contributed by atoms with E-state index in [2.05, 4.69) is 4.74 Å². The number of rotatable bonds is 7. The van der Waals surface area contributed by atoms with Gasteiger partial charge in [0.2, 0.25) is 11.9 Å². The Morgan fingerprint density at radius 2 is 1.46 bits per heavy atom. The van der Waals surface area contributed by atoms with Crippen molar-refractivity contribution in [3.05, 3.63) is 34.9 Å². The van der Waals surface area contributed by atoms with E-state index >= 15 is 0 Å². The van der Waals surface area contributed by atoms with Gasteiger partial charge in [-0.05, 0) is 17.7 Å². The van der Waals surface area contributed by atoms with Crippen LogP contribution in [0.5, 0.6) is 0 Å². The molecular weight excluding hydrogens is 340 g/mol. The first-order chi connectivity index (χ1) is 11.2. The molecule has 0 unspecified atom stereocenters. The Hall–Kier alpha value is -2.41. The molecule has 1 aromatic rings. The molecular formula is C16H17ClO7. The van der Waals surface area contributed by atoms with E-state index in [1.54, 1.807) is 0 Å². The minimum Gasteiger partial charge on any atom is -0.458 e. The summed E-state index contributed by atoms with van der Waals surface area (Å²) in [5, 5.41) is 0.440. The molecule has 0 fully saturated rings. The van der Waals surface area contributed by atoms with Crippen LogP contribution in [0.4, 0.5) is 0 Å². The predicted molar refractivity (Wildman–Crippen MR) is 83.2 cm³/mol. The highest BCUT2D eigenvalue weighted by Crippen LogP contribution is 2.26. The zero-order valence-corrected chi connectivity index (χ0v) is 14.2. The maximum atomic E-state index is 12.3. The number of hydrogen-bond acceptors (Lipinski definition) is 7. The highest BCUT2D eigenvalue weighted by molar-refractivity contribution is 6.30. The summed E-state index contributed by atoms with van der Waals surface area (Å²) >= 11 is 5.82. The van der Waals surface area contributed by atoms with Crippen molar-refractivity contribution >= 4 is 35.3 Å². The second-order valence-electron chi connectivity index (χ2n) is 4.86. The van der Waals surface area contributed by atoms with E-state index in [0.717, 1.165) is 20.8 Å². The number of carbonyl (C=O) groups excluding carboxylic acids is 4. The monoisotopic (exact) mass is 356 g/mol. The summed E-state index contributed by atoms with van der Waals surface area (Å²) in [4.78, 5) is 45.9. The average Bonchev–Trinajstić information content (AvgIpc) is 2.48. The van der Waals surface area contributed by atoms with Crippen molar-refractivity contribution in [2.45, 2.75) is 33.0 Å². The maximum Gasteiger partial charge on any atom is 0.303 e. The fraction of sp³-hybridized carbons (Fsp3) is 0.375. The normalized spacial score (nSPS) is 12.7. The van der Waals surface area contributed by atoms with E-state index in [4.69, 9.17) is 21.1 Å². The van der Waals surface area contributed by atoms with E-state index in [-0.39, 0.29) is 0 Å². The van der Waals surface area contributed by atoms with Gasteiger partial charge in [-0.15, -0.1) is 0 Å². The lowest BCUT2D eigenvalue weighted by atomic mass is 10.0. The number of hydrogen-bond donors (Lipinski definition) is 0. The first kappa shape index (κ1) is 19.6. The van der Waals surface area contributed by atoms with Gasteiger partial charge in [-0.2, -0.15) is 0 Å². The smallest absolute Gasteiger partial charge is 0.303 e. The van der Waals surface area contributed by atoms with E-state index in [0.29, 0.717) is 10.6 Å². The van der Waals surface area contributed by atoms with Crippen LogP contribution in [0, 0.1) is 0 Å². The van der Waals surface area contributed by atoms with Gasteiger partial charge >= 0.3 is 17.9 Å². The molecule has 0 aromatic heterocycles. The number of esters is 3. The fourth-order valence-electron chi connectivity index (χ4n) is 1.87. The fourth-order valence-corrected chi connectivity index (χ4v) is 1.99. The topological polar surface area (TPSA) is 96.0 Å². The standard InChI is InChI=1S/C16H17ClO7/c1-9(18)22-8-14(21)16(24-11(3)20)15(23-10(2)19)12-4-6-13(17)7-5-12/h4-7,15-16H,8H2,1-3H3/t15-,16-/m0/s1. The zero-order chi connectivity index (χ0) is 18.3. The van der Waals surface area contributed by atoms with Crippen LogP contribution in [0.25, 0.3) is 0 Å². The molecule has 0 aliphatic heterocycles. The molecule has 2 atom stereocenters. The number of benzene rings is 1. The summed E-state index contributed by atoms with van der Waals surface area (Å²) in [6.07, 6.45) is -2.64. The Balaban J connectivity index is 3.15. The summed E-state index contributed by atoms with van der Waals surface area (Å²) in [5.41, 5.74) is 0.400. The molecule has 0 amide bonds. The molecule has 0 heterocycles. The second kappa shape index (κ2) is 9.02. The molecule has 130 valence electrons. The summed E-state index contributed by atoms with van der Waals surface area (Å²) in [6.45, 7) is 2.79. The molecule has 0 bridgehead atoms. The molecule has 0 aliphatic carbocycles. The highest BCUT2D eigenvalue weighted by atomic mass is 35.5. The lowest BCUT2D eigenvalue weighted by molar-refractivity contribution is -0.172. The van der Waals surface area contributed by atoms with Crippen molar-refractivity contribution in [2.75, 3.05) is 6.61 Å². The van der Waals surface area contributed by atoms with Gasteiger partial charge < -0.3 is 14.2 Å². The Labute approximate surface area is 143 Å². The average molecular weight is 357 g/mol. The second-order valence-corrected chi connectivity index (χ2v) is 5.29. The van der Waals surface area contributed by atoms with Gasteiger partial charge in [0.15, 0.2) is 12.7 Å². The van der Waals surface area contributed by atoms with Crippen LogP contribution in [-0.4, -0.2) is 36.4 Å². The molecule has 0 saturated carbocycles. The highest BCUT2D eigenvalue weighted by Gasteiger charge is 2.35. The maximum absolute atomic E-state index is 12.3. The van der Waals surface area contributed by atoms with Crippen LogP contribution in [-0.2, 0) is 33.4 Å². The van der Waals surface area contributed by atoms with Gasteiger partial charge in [-0.25, -0.2) is 0 Å². The van der Waals surface area contributed by atoms with Crippen molar-refractivity contribution in [3.8, 4) is 0 Å². The van der Waals surface area contributed by atoms with Crippen LogP contribution >= 0.6 is 11.6 Å². The van der Waals surface area contributed by atoms with E-state index in [1.807, 2.05) is 0 Å². The number of carbonyl (C=O) groups is 4. The Bertz CT molecular complexity index is 624. The van der Waals surface area contributed by atoms with Gasteiger partial charge in [0.25, 0.3) is 0 Å². The molecule has 1 aromatic carbocycles. The van der Waals surface area contributed by atoms with Gasteiger partial charge in [0.05, 0.1) is 0 Å². The van der Waals surface area contributed by atoms with Crippen LogP contribution < -0.4 is 0 Å². The van der Waals surface area contributed by atoms with Crippen LogP contribution in [0.3, 0.4) is 0 Å². The molecule has 0 spiro atoms. The summed E-state index contributed by atoms with van der Waals surface area (Å²) in [6, 6.07) is 6.14. The van der Waals surface area contributed by atoms with E-state index < -0.39 is 42.5 Å². The first-order valence-corrected chi connectivity index (χ1v) is 7.34. The van der Waals surface area contributed by atoms with Gasteiger partial charge in [-0.1, -0.05) is 23.7 Å². The predicted octanol–water partition coefficient (Wildman–Crippen LogP) is 2.01. The molecule has 1 rings (SSSR count). The number of halogens is 1. The minimum atomic E-state index is -1.45. The third kappa shape index (κ3) is 6.37. The van der Waals surface area contributed by atoms with Gasteiger partial charge in [0.1, 0.15) is 0 Å². The molecule has 0 N–H and O–H groups in total. The SMILES string of the molecule is CC(=O)OCC(=O)[C@H](OC(C)=O)[C@@H](OC(C)=O)c1ccc(Cl)cc1. The van der Waals surface area contributed by atoms with E-state index in [9.17, 15) is 19.2 Å². The Morgan fingerprint density at radius 3 is 1.92 bits per heavy atom. The lowest BCUT2D eigenvalue weighted by Gasteiger charge is -2.25. The molecule has 24 heavy (non-hydrogen) atoms. The first-order valence-electron chi connectivity index (χ1n) is 6.96. The van der Waals surface area contributed by atoms with E-state index in [1.165, 1.54) is 24.3 Å². The van der Waals surface area contributed by atoms with Crippen molar-refractivity contribution in [1.29, 1.82) is 0 Å². The Kier molecular flexibility index (Phi) is 7.38. The largest absolute Gasteiger partial charge is 0.458 e. The third-order valence-electron chi connectivity index (χ3n) is 2.79. The molecule has 7 nitrogen and oxygen atoms in total. The molecule has 0 saturated heterocycles. The summed E-state index contributed by atoms with van der Waals surface area (Å²) in [7, 11) is 0. The number of ether oxygens (including phenoxy) is 3. The van der Waals surface area contributed by atoms with Crippen LogP contribution in [0.2, 0.25) is 5.02 Å². The Morgan fingerprint density at radius 1 is 0.917 bits per heavy atom. The quantitative estimate of drug-likeness (QED) is 0.544. The van der Waals surface area contributed by atoms with Crippen molar-refractivity contribution in [3.63, 3.8) is 0 Å². The van der Waals surface area contributed by atoms with Crippen LogP contribution in [0.15, 0.2) is 24.3 Å². The molecule has 0 aliphatic rings. The summed E-state index contributed by atoms with van der Waals surface area (Å²) < 4.78 is 14.8. The van der Waals surface area contributed by atoms with Gasteiger partial charge in [-0.3, -0.25) is 19.2 Å². The number of Topliss-reactive ketones (excluding diaryl/α,β-unsaturated/α-hetero) is 1. The summed E-state index contributed by atoms with van der Waals surface area (Å²) in [5.74, 6) is -2.81. The van der Waals surface area contributed by atoms with Crippen molar-refractivity contribution in [1.82, 2.24) is 0 Å². The van der Waals surface area contributed by atoms with Crippen molar-refractivity contribution < 1.29 is 33.4 Å². The van der Waals surface area contributed by atoms with Crippen molar-refractivity contribution in [2.24, 2.45) is 0 Å². The minimum absolute atomic E-state index is 0.400. The molecule has 8 heteroatoms. The molecule has 0 radical (unpaired) electrons. The number of ketones is 1. The third-order valence-corrected chi connectivity index (χ3v) is 3.05. The lowest BCUT2D eigenvalue weighted by Crippen LogP contribution is -2.37. The van der Waals surface area contributed by atoms with Gasteiger partial charge in [0, 0.05) is 25.8 Å².